The largest absolute Gasteiger partial charge is 0.506 e. The molecule has 0 saturated carbocycles. The second-order valence-corrected chi connectivity index (χ2v) is 3.43. The fourth-order valence-electron chi connectivity index (χ4n) is 1.68. The van der Waals surface area contributed by atoms with Crippen molar-refractivity contribution in [2.45, 2.75) is 19.8 Å². The Balaban J connectivity index is 2.62. The molecule has 0 fully saturated rings. The van der Waals surface area contributed by atoms with Crippen molar-refractivity contribution < 1.29 is 5.11 Å². The molecule has 0 aliphatic heterocycles. The normalized spacial score (nSPS) is 10.6. The van der Waals surface area contributed by atoms with E-state index in [9.17, 15) is 5.11 Å². The summed E-state index contributed by atoms with van der Waals surface area (Å²) in [6, 6.07) is 7.83. The number of nitrogens with zero attached hydrogens (tertiary/aromatic N) is 1. The Labute approximate surface area is 83.2 Å². The maximum Gasteiger partial charge on any atom is 0.134 e. The lowest BCUT2D eigenvalue weighted by Gasteiger charge is -2.04. The Kier molecular flexibility index (Phi) is 2.35. The molecule has 0 aliphatic rings. The third-order valence-corrected chi connectivity index (χ3v) is 2.30. The maximum absolute atomic E-state index is 9.29. The lowest BCUT2D eigenvalue weighted by atomic mass is 10.1. The van der Waals surface area contributed by atoms with Gasteiger partial charge in [0.05, 0.1) is 11.7 Å². The fraction of sp³-hybridized carbons (Fsp3) is 0.250. The molecule has 0 atom stereocenters. The summed E-state index contributed by atoms with van der Waals surface area (Å²) in [6.07, 6.45) is 3.65. The highest BCUT2D eigenvalue weighted by Gasteiger charge is 2.01. The van der Waals surface area contributed by atoms with Crippen LogP contribution in [0.2, 0.25) is 0 Å². The average molecular weight is 187 g/mol. The highest BCUT2D eigenvalue weighted by Crippen LogP contribution is 2.21. The SMILES string of the molecule is CCCc1cccc2cc(O)cnc12. The number of hydrogen-bond donors (Lipinski definition) is 1. The molecule has 1 aromatic heterocycles. The molecule has 1 aromatic carbocycles. The molecule has 2 aromatic rings. The summed E-state index contributed by atoms with van der Waals surface area (Å²) in [6.45, 7) is 2.15. The molecule has 14 heavy (non-hydrogen) atoms. The molecule has 2 rings (SSSR count). The number of aromatic hydroxyl groups is 1. The first kappa shape index (κ1) is 9.00. The van der Waals surface area contributed by atoms with Crippen LogP contribution in [0.1, 0.15) is 18.9 Å². The number of hydrogen-bond acceptors (Lipinski definition) is 2. The van der Waals surface area contributed by atoms with Gasteiger partial charge in [-0.15, -0.1) is 0 Å². The van der Waals surface area contributed by atoms with Crippen molar-refractivity contribution in [2.75, 3.05) is 0 Å². The van der Waals surface area contributed by atoms with Crippen molar-refractivity contribution >= 4 is 10.9 Å². The van der Waals surface area contributed by atoms with E-state index in [4.69, 9.17) is 0 Å². The van der Waals surface area contributed by atoms with Crippen molar-refractivity contribution in [1.82, 2.24) is 4.98 Å². The zero-order valence-electron chi connectivity index (χ0n) is 8.20. The van der Waals surface area contributed by atoms with Crippen molar-refractivity contribution in [3.05, 3.63) is 36.0 Å². The minimum atomic E-state index is 0.228. The van der Waals surface area contributed by atoms with E-state index in [0.717, 1.165) is 23.7 Å². The van der Waals surface area contributed by atoms with E-state index < -0.39 is 0 Å². The molecule has 0 aliphatic carbocycles. The predicted octanol–water partition coefficient (Wildman–Crippen LogP) is 2.89. The number of para-hydroxylation sites is 1. The van der Waals surface area contributed by atoms with Crippen LogP contribution in [0.3, 0.4) is 0 Å². The predicted molar refractivity (Wildman–Crippen MR) is 57.4 cm³/mol. The van der Waals surface area contributed by atoms with Gasteiger partial charge in [0.25, 0.3) is 0 Å². The van der Waals surface area contributed by atoms with Gasteiger partial charge in [0.15, 0.2) is 0 Å². The molecule has 1 N–H and O–H groups in total. The summed E-state index contributed by atoms with van der Waals surface area (Å²) in [4.78, 5) is 4.25. The van der Waals surface area contributed by atoms with Crippen molar-refractivity contribution in [3.8, 4) is 5.75 Å². The molecule has 0 saturated heterocycles. The maximum atomic E-state index is 9.29. The Morgan fingerprint density at radius 3 is 3.00 bits per heavy atom. The molecule has 0 amide bonds. The van der Waals surface area contributed by atoms with Crippen molar-refractivity contribution in [3.63, 3.8) is 0 Å². The second kappa shape index (κ2) is 3.66. The van der Waals surface area contributed by atoms with Crippen LogP contribution < -0.4 is 0 Å². The first-order chi connectivity index (χ1) is 6.81. The fourth-order valence-corrected chi connectivity index (χ4v) is 1.68. The van der Waals surface area contributed by atoms with Crippen LogP contribution in [-0.2, 0) is 6.42 Å². The molecule has 0 unspecified atom stereocenters. The molecule has 1 heterocycles. The van der Waals surface area contributed by atoms with Crippen LogP contribution in [0.25, 0.3) is 10.9 Å². The quantitative estimate of drug-likeness (QED) is 0.784. The summed E-state index contributed by atoms with van der Waals surface area (Å²) < 4.78 is 0. The monoisotopic (exact) mass is 187 g/mol. The minimum Gasteiger partial charge on any atom is -0.506 e. The van der Waals surface area contributed by atoms with Gasteiger partial charge in [0.1, 0.15) is 5.75 Å². The number of rotatable bonds is 2. The van der Waals surface area contributed by atoms with E-state index in [2.05, 4.69) is 18.0 Å². The lowest BCUT2D eigenvalue weighted by molar-refractivity contribution is 0.474. The highest BCUT2D eigenvalue weighted by atomic mass is 16.3. The Hall–Kier alpha value is -1.57. The molecule has 0 spiro atoms. The number of benzene rings is 1. The minimum absolute atomic E-state index is 0.228. The molecular formula is C12H13NO. The zero-order valence-corrected chi connectivity index (χ0v) is 8.20. The van der Waals surface area contributed by atoms with Crippen LogP contribution >= 0.6 is 0 Å². The summed E-state index contributed by atoms with van der Waals surface area (Å²) in [5, 5.41) is 10.3. The topological polar surface area (TPSA) is 33.1 Å². The van der Waals surface area contributed by atoms with E-state index in [1.165, 1.54) is 11.8 Å². The first-order valence-corrected chi connectivity index (χ1v) is 4.88. The summed E-state index contributed by atoms with van der Waals surface area (Å²) in [5.74, 6) is 0.228. The Bertz CT molecular complexity index is 451. The van der Waals surface area contributed by atoms with Gasteiger partial charge in [0, 0.05) is 5.39 Å². The Morgan fingerprint density at radius 1 is 1.36 bits per heavy atom. The number of aryl methyl sites for hydroxylation is 1. The third kappa shape index (κ3) is 1.55. The van der Waals surface area contributed by atoms with E-state index in [0.29, 0.717) is 0 Å². The molecule has 0 radical (unpaired) electrons. The van der Waals surface area contributed by atoms with E-state index in [1.54, 1.807) is 6.07 Å². The standard InChI is InChI=1S/C12H13NO/c1-2-4-9-5-3-6-10-7-11(14)8-13-12(9)10/h3,5-8,14H,2,4H2,1H3. The number of fused-ring (bicyclic) bond motifs is 1. The van der Waals surface area contributed by atoms with Crippen LogP contribution in [-0.4, -0.2) is 10.1 Å². The average Bonchev–Trinajstić information content (AvgIpc) is 2.18. The zero-order chi connectivity index (χ0) is 9.97. The molecule has 0 bridgehead atoms. The van der Waals surface area contributed by atoms with Gasteiger partial charge in [0.2, 0.25) is 0 Å². The van der Waals surface area contributed by atoms with E-state index >= 15 is 0 Å². The third-order valence-electron chi connectivity index (χ3n) is 2.30. The van der Waals surface area contributed by atoms with E-state index in [-0.39, 0.29) is 5.75 Å². The number of aromatic nitrogens is 1. The smallest absolute Gasteiger partial charge is 0.134 e. The highest BCUT2D eigenvalue weighted by molar-refractivity contribution is 5.82. The number of pyridine rings is 1. The van der Waals surface area contributed by atoms with Crippen LogP contribution in [0.5, 0.6) is 5.75 Å². The van der Waals surface area contributed by atoms with Crippen LogP contribution in [0.4, 0.5) is 0 Å². The van der Waals surface area contributed by atoms with Gasteiger partial charge in [-0.05, 0) is 18.1 Å². The molecular weight excluding hydrogens is 174 g/mol. The van der Waals surface area contributed by atoms with E-state index in [1.807, 2.05) is 12.1 Å². The van der Waals surface area contributed by atoms with Gasteiger partial charge in [-0.2, -0.15) is 0 Å². The van der Waals surface area contributed by atoms with Crippen LogP contribution in [0.15, 0.2) is 30.5 Å². The van der Waals surface area contributed by atoms with Crippen molar-refractivity contribution in [2.24, 2.45) is 0 Å². The molecule has 72 valence electrons. The second-order valence-electron chi connectivity index (χ2n) is 3.43. The van der Waals surface area contributed by atoms with Crippen molar-refractivity contribution in [1.29, 1.82) is 0 Å². The molecule has 2 nitrogen and oxygen atoms in total. The van der Waals surface area contributed by atoms with Crippen LogP contribution in [0, 0.1) is 0 Å². The Morgan fingerprint density at radius 2 is 2.21 bits per heavy atom. The summed E-state index contributed by atoms with van der Waals surface area (Å²) in [5.41, 5.74) is 2.26. The van der Waals surface area contributed by atoms with Gasteiger partial charge >= 0.3 is 0 Å². The van der Waals surface area contributed by atoms with Gasteiger partial charge in [-0.1, -0.05) is 31.5 Å². The first-order valence-electron chi connectivity index (χ1n) is 4.88. The summed E-state index contributed by atoms with van der Waals surface area (Å²) in [7, 11) is 0. The van der Waals surface area contributed by atoms with Gasteiger partial charge in [-0.3, -0.25) is 4.98 Å². The van der Waals surface area contributed by atoms with Gasteiger partial charge in [-0.25, -0.2) is 0 Å². The van der Waals surface area contributed by atoms with Gasteiger partial charge < -0.3 is 5.11 Å². The molecule has 2 heteroatoms. The summed E-state index contributed by atoms with van der Waals surface area (Å²) >= 11 is 0. The lowest BCUT2D eigenvalue weighted by Crippen LogP contribution is -1.88.